The van der Waals surface area contributed by atoms with Gasteiger partial charge in [0.25, 0.3) is 0 Å². The second kappa shape index (κ2) is 5.53. The first-order valence-electron chi connectivity index (χ1n) is 6.84. The van der Waals surface area contributed by atoms with Gasteiger partial charge in [-0.3, -0.25) is 0 Å². The third kappa shape index (κ3) is 2.91. The van der Waals surface area contributed by atoms with Gasteiger partial charge in [-0.05, 0) is 25.3 Å². The highest BCUT2D eigenvalue weighted by Crippen LogP contribution is 2.37. The maximum Gasteiger partial charge on any atom is 0.0199 e. The molecule has 1 aliphatic rings. The zero-order valence-electron chi connectivity index (χ0n) is 11.3. The highest BCUT2D eigenvalue weighted by atomic mass is 14.6. The lowest BCUT2D eigenvalue weighted by atomic mass is 9.74. The Kier molecular flexibility index (Phi) is 4.03. The van der Waals surface area contributed by atoms with Crippen LogP contribution in [0, 0.1) is 5.41 Å². The normalized spacial score (nSPS) is 28.3. The molecule has 0 aliphatic heterocycles. The fraction of sp³-hybridized carbons (Fsp3) is 0.412. The van der Waals surface area contributed by atoms with Crippen molar-refractivity contribution in [3.63, 3.8) is 0 Å². The molecule has 1 atom stereocenters. The Hall–Kier alpha value is -1.34. The average molecular weight is 241 g/mol. The molecule has 18 heavy (non-hydrogen) atoms. The van der Waals surface area contributed by atoms with Gasteiger partial charge in [0.2, 0.25) is 0 Å². The fourth-order valence-corrected chi connectivity index (χ4v) is 2.72. The number of allylic oxidation sites excluding steroid dienone is 4. The van der Waals surface area contributed by atoms with Crippen LogP contribution in [0.4, 0.5) is 0 Å². The maximum atomic E-state index is 5.96. The summed E-state index contributed by atoms with van der Waals surface area (Å²) in [6.45, 7) is 4.32. The zero-order valence-corrected chi connectivity index (χ0v) is 11.3. The topological polar surface area (TPSA) is 26.0 Å². The molecular weight excluding hydrogens is 218 g/mol. The number of nitrogens with two attached hydrogens (primary N) is 1. The summed E-state index contributed by atoms with van der Waals surface area (Å²) in [6.07, 6.45) is 11.5. The lowest BCUT2D eigenvalue weighted by Gasteiger charge is -2.31. The van der Waals surface area contributed by atoms with Gasteiger partial charge in [0.1, 0.15) is 0 Å². The van der Waals surface area contributed by atoms with Crippen LogP contribution in [0.25, 0.3) is 0 Å². The smallest absolute Gasteiger partial charge is 0.0199 e. The SMILES string of the molecule is CCC1(CC(C)N)C=CC(c2ccccc2)C=C1. The molecule has 0 fully saturated rings. The predicted molar refractivity (Wildman–Crippen MR) is 78.5 cm³/mol. The summed E-state index contributed by atoms with van der Waals surface area (Å²) in [5.74, 6) is 0.416. The van der Waals surface area contributed by atoms with E-state index in [1.165, 1.54) is 5.56 Å². The minimum Gasteiger partial charge on any atom is -0.328 e. The van der Waals surface area contributed by atoms with Crippen molar-refractivity contribution in [2.24, 2.45) is 11.1 Å². The second-order valence-corrected chi connectivity index (χ2v) is 5.42. The third-order valence-corrected chi connectivity index (χ3v) is 3.82. The Balaban J connectivity index is 2.15. The molecule has 1 aliphatic carbocycles. The van der Waals surface area contributed by atoms with Gasteiger partial charge in [-0.15, -0.1) is 0 Å². The Labute approximate surface area is 110 Å². The van der Waals surface area contributed by atoms with Crippen molar-refractivity contribution in [3.05, 3.63) is 60.2 Å². The van der Waals surface area contributed by atoms with Crippen LogP contribution in [0.15, 0.2) is 54.6 Å². The molecule has 1 heteroatoms. The lowest BCUT2D eigenvalue weighted by Crippen LogP contribution is -2.27. The van der Waals surface area contributed by atoms with Crippen LogP contribution in [0.5, 0.6) is 0 Å². The summed E-state index contributed by atoms with van der Waals surface area (Å²) in [4.78, 5) is 0. The number of benzene rings is 1. The molecule has 1 aromatic rings. The average Bonchev–Trinajstić information content (AvgIpc) is 2.40. The first kappa shape index (κ1) is 13.1. The third-order valence-electron chi connectivity index (χ3n) is 3.82. The molecule has 96 valence electrons. The van der Waals surface area contributed by atoms with Crippen molar-refractivity contribution >= 4 is 0 Å². The standard InChI is InChI=1S/C17H23N/c1-3-17(13-14(2)18)11-9-16(10-12-17)15-7-5-4-6-8-15/h4-12,14,16H,3,13,18H2,1-2H3. The molecule has 0 radical (unpaired) electrons. The zero-order chi connectivity index (χ0) is 13.0. The van der Waals surface area contributed by atoms with Crippen LogP contribution in [-0.2, 0) is 0 Å². The monoisotopic (exact) mass is 241 g/mol. The van der Waals surface area contributed by atoms with Gasteiger partial charge >= 0.3 is 0 Å². The molecule has 1 aromatic carbocycles. The van der Waals surface area contributed by atoms with Crippen LogP contribution in [0.3, 0.4) is 0 Å². The summed E-state index contributed by atoms with van der Waals surface area (Å²) in [7, 11) is 0. The number of hydrogen-bond donors (Lipinski definition) is 1. The van der Waals surface area contributed by atoms with Crippen molar-refractivity contribution in [2.75, 3.05) is 0 Å². The molecule has 0 aromatic heterocycles. The first-order valence-corrected chi connectivity index (χ1v) is 6.84. The van der Waals surface area contributed by atoms with E-state index in [4.69, 9.17) is 5.73 Å². The van der Waals surface area contributed by atoms with Gasteiger partial charge in [0.15, 0.2) is 0 Å². The van der Waals surface area contributed by atoms with E-state index >= 15 is 0 Å². The minimum atomic E-state index is 0.166. The van der Waals surface area contributed by atoms with Crippen molar-refractivity contribution in [1.82, 2.24) is 0 Å². The van der Waals surface area contributed by atoms with Gasteiger partial charge in [-0.2, -0.15) is 0 Å². The van der Waals surface area contributed by atoms with Gasteiger partial charge in [0.05, 0.1) is 0 Å². The Morgan fingerprint density at radius 1 is 1.17 bits per heavy atom. The second-order valence-electron chi connectivity index (χ2n) is 5.42. The van der Waals surface area contributed by atoms with Crippen molar-refractivity contribution < 1.29 is 0 Å². The van der Waals surface area contributed by atoms with Crippen LogP contribution in [-0.4, -0.2) is 6.04 Å². The number of rotatable bonds is 4. The van der Waals surface area contributed by atoms with Crippen molar-refractivity contribution in [2.45, 2.75) is 38.6 Å². The Morgan fingerprint density at radius 2 is 1.78 bits per heavy atom. The molecule has 0 saturated heterocycles. The minimum absolute atomic E-state index is 0.166. The van der Waals surface area contributed by atoms with E-state index in [9.17, 15) is 0 Å². The van der Waals surface area contributed by atoms with E-state index in [2.05, 4.69) is 68.5 Å². The summed E-state index contributed by atoms with van der Waals surface area (Å²) in [6, 6.07) is 10.9. The fourth-order valence-electron chi connectivity index (χ4n) is 2.72. The van der Waals surface area contributed by atoms with E-state index in [0.717, 1.165) is 12.8 Å². The molecule has 1 unspecified atom stereocenters. The van der Waals surface area contributed by atoms with E-state index in [1.807, 2.05) is 0 Å². The maximum absolute atomic E-state index is 5.96. The molecule has 2 rings (SSSR count). The lowest BCUT2D eigenvalue weighted by molar-refractivity contribution is 0.393. The quantitative estimate of drug-likeness (QED) is 0.791. The molecule has 1 nitrogen and oxygen atoms in total. The largest absolute Gasteiger partial charge is 0.328 e. The molecule has 0 amide bonds. The summed E-state index contributed by atoms with van der Waals surface area (Å²) in [5.41, 5.74) is 7.49. The number of hydrogen-bond acceptors (Lipinski definition) is 1. The summed E-state index contributed by atoms with van der Waals surface area (Å²) in [5, 5.41) is 0. The Bertz CT molecular complexity index is 414. The van der Waals surface area contributed by atoms with E-state index in [1.54, 1.807) is 0 Å². The molecule has 2 N–H and O–H groups in total. The van der Waals surface area contributed by atoms with Crippen molar-refractivity contribution in [3.8, 4) is 0 Å². The molecular formula is C17H23N. The van der Waals surface area contributed by atoms with E-state index in [-0.39, 0.29) is 11.5 Å². The molecule has 0 heterocycles. The molecule has 0 saturated carbocycles. The van der Waals surface area contributed by atoms with Crippen LogP contribution in [0.2, 0.25) is 0 Å². The first-order chi connectivity index (χ1) is 8.65. The highest BCUT2D eigenvalue weighted by molar-refractivity contribution is 5.34. The predicted octanol–water partition coefficient (Wildman–Crippen LogP) is 4.03. The molecule has 0 bridgehead atoms. The summed E-state index contributed by atoms with van der Waals surface area (Å²) >= 11 is 0. The highest BCUT2D eigenvalue weighted by Gasteiger charge is 2.26. The van der Waals surface area contributed by atoms with Gasteiger partial charge in [-0.1, -0.05) is 61.6 Å². The molecule has 0 spiro atoms. The van der Waals surface area contributed by atoms with Crippen LogP contribution >= 0.6 is 0 Å². The van der Waals surface area contributed by atoms with Crippen LogP contribution in [0.1, 0.15) is 38.2 Å². The van der Waals surface area contributed by atoms with E-state index in [0.29, 0.717) is 5.92 Å². The van der Waals surface area contributed by atoms with E-state index < -0.39 is 0 Å². The van der Waals surface area contributed by atoms with Gasteiger partial charge in [-0.25, -0.2) is 0 Å². The van der Waals surface area contributed by atoms with Gasteiger partial charge < -0.3 is 5.73 Å². The van der Waals surface area contributed by atoms with Crippen molar-refractivity contribution in [1.29, 1.82) is 0 Å². The van der Waals surface area contributed by atoms with Crippen LogP contribution < -0.4 is 5.73 Å². The van der Waals surface area contributed by atoms with Gasteiger partial charge in [0, 0.05) is 17.4 Å². The summed E-state index contributed by atoms with van der Waals surface area (Å²) < 4.78 is 0. The Morgan fingerprint density at radius 3 is 2.28 bits per heavy atom.